The summed E-state index contributed by atoms with van der Waals surface area (Å²) in [6.07, 6.45) is 3.51. The molecular formula is C15H24BrCl2N3O. The number of likely N-dealkylation sites (tertiary alicyclic amines) is 1. The molecule has 0 aliphatic carbocycles. The molecule has 2 rings (SSSR count). The van der Waals surface area contributed by atoms with Crippen LogP contribution < -0.4 is 11.1 Å². The van der Waals surface area contributed by atoms with Gasteiger partial charge in [0.15, 0.2) is 0 Å². The number of nitrogen functional groups attached to an aromatic ring is 1. The average molecular weight is 413 g/mol. The number of carbonyl (C=O) groups is 1. The van der Waals surface area contributed by atoms with Gasteiger partial charge in [-0.25, -0.2) is 0 Å². The van der Waals surface area contributed by atoms with E-state index < -0.39 is 0 Å². The number of hydrogen-bond acceptors (Lipinski definition) is 3. The fourth-order valence-corrected chi connectivity index (χ4v) is 2.95. The molecule has 1 aromatic carbocycles. The van der Waals surface area contributed by atoms with Gasteiger partial charge in [-0.3, -0.25) is 4.79 Å². The lowest BCUT2D eigenvalue weighted by molar-refractivity contribution is 0.0950. The first-order valence-corrected chi connectivity index (χ1v) is 7.87. The van der Waals surface area contributed by atoms with Gasteiger partial charge >= 0.3 is 0 Å². The van der Waals surface area contributed by atoms with Gasteiger partial charge in [0.1, 0.15) is 0 Å². The number of anilines is 1. The third kappa shape index (κ3) is 6.32. The molecule has 0 unspecified atom stereocenters. The van der Waals surface area contributed by atoms with Gasteiger partial charge in [0.05, 0.1) is 5.56 Å². The molecular weight excluding hydrogens is 389 g/mol. The third-order valence-corrected chi connectivity index (χ3v) is 4.43. The van der Waals surface area contributed by atoms with Crippen molar-refractivity contribution >= 4 is 52.3 Å². The summed E-state index contributed by atoms with van der Waals surface area (Å²) in [7, 11) is 2.16. The minimum Gasteiger partial charge on any atom is -0.398 e. The van der Waals surface area contributed by atoms with Gasteiger partial charge in [-0.2, -0.15) is 0 Å². The standard InChI is InChI=1S/C15H22BrN3O.2ClH/c1-19-8-5-11(6-9-19)4-7-18-15(20)13-3-2-12(16)10-14(13)17;;/h2-3,10-11H,4-9,17H2,1H3,(H,18,20);2*1H. The normalized spacial score (nSPS) is 15.5. The van der Waals surface area contributed by atoms with Crippen LogP contribution in [0.25, 0.3) is 0 Å². The SMILES string of the molecule is CN1CCC(CCNC(=O)c2ccc(Br)cc2N)CC1.Cl.Cl. The highest BCUT2D eigenvalue weighted by molar-refractivity contribution is 9.10. The van der Waals surface area contributed by atoms with Crippen molar-refractivity contribution in [1.29, 1.82) is 0 Å². The topological polar surface area (TPSA) is 58.4 Å². The summed E-state index contributed by atoms with van der Waals surface area (Å²) in [6, 6.07) is 5.35. The molecule has 0 aromatic heterocycles. The van der Waals surface area contributed by atoms with Gasteiger partial charge in [0, 0.05) is 16.7 Å². The maximum atomic E-state index is 12.1. The Morgan fingerprint density at radius 3 is 2.59 bits per heavy atom. The Hall–Kier alpha value is -0.490. The molecule has 22 heavy (non-hydrogen) atoms. The summed E-state index contributed by atoms with van der Waals surface area (Å²) in [5, 5.41) is 2.97. The van der Waals surface area contributed by atoms with Gasteiger partial charge in [0.2, 0.25) is 0 Å². The molecule has 4 nitrogen and oxygen atoms in total. The second-order valence-corrected chi connectivity index (χ2v) is 6.44. The number of rotatable bonds is 4. The van der Waals surface area contributed by atoms with Crippen LogP contribution >= 0.6 is 40.7 Å². The predicted molar refractivity (Wildman–Crippen MR) is 100 cm³/mol. The van der Waals surface area contributed by atoms with Gasteiger partial charge in [0.25, 0.3) is 5.91 Å². The zero-order valence-corrected chi connectivity index (χ0v) is 15.9. The smallest absolute Gasteiger partial charge is 0.253 e. The van der Waals surface area contributed by atoms with Crippen LogP contribution in [0.5, 0.6) is 0 Å². The lowest BCUT2D eigenvalue weighted by atomic mass is 9.94. The van der Waals surface area contributed by atoms with Crippen molar-refractivity contribution in [3.8, 4) is 0 Å². The van der Waals surface area contributed by atoms with Crippen molar-refractivity contribution in [2.24, 2.45) is 5.92 Å². The minimum absolute atomic E-state index is 0. The van der Waals surface area contributed by atoms with E-state index in [4.69, 9.17) is 5.73 Å². The molecule has 1 fully saturated rings. The number of nitrogens with one attached hydrogen (secondary N) is 1. The molecule has 1 aliphatic heterocycles. The first kappa shape index (κ1) is 21.5. The van der Waals surface area contributed by atoms with Crippen molar-refractivity contribution < 1.29 is 4.79 Å². The molecule has 126 valence electrons. The summed E-state index contributed by atoms with van der Waals surface area (Å²) in [6.45, 7) is 3.05. The van der Waals surface area contributed by atoms with Crippen LogP contribution in [0.4, 0.5) is 5.69 Å². The van der Waals surface area contributed by atoms with E-state index in [1.54, 1.807) is 12.1 Å². The van der Waals surface area contributed by atoms with Gasteiger partial charge in [-0.1, -0.05) is 15.9 Å². The van der Waals surface area contributed by atoms with E-state index in [9.17, 15) is 4.79 Å². The highest BCUT2D eigenvalue weighted by Crippen LogP contribution is 2.20. The van der Waals surface area contributed by atoms with Crippen molar-refractivity contribution in [1.82, 2.24) is 10.2 Å². The van der Waals surface area contributed by atoms with E-state index >= 15 is 0 Å². The number of carbonyl (C=O) groups excluding carboxylic acids is 1. The predicted octanol–water partition coefficient (Wildman–Crippen LogP) is 3.34. The summed E-state index contributed by atoms with van der Waals surface area (Å²) < 4.78 is 0.887. The van der Waals surface area contributed by atoms with E-state index in [0.29, 0.717) is 11.3 Å². The maximum absolute atomic E-state index is 12.1. The second-order valence-electron chi connectivity index (χ2n) is 5.52. The fourth-order valence-electron chi connectivity index (χ4n) is 2.58. The van der Waals surface area contributed by atoms with Crippen molar-refractivity contribution in [2.45, 2.75) is 19.3 Å². The molecule has 7 heteroatoms. The summed E-state index contributed by atoms with van der Waals surface area (Å²) in [4.78, 5) is 14.4. The average Bonchev–Trinajstić information content (AvgIpc) is 2.41. The van der Waals surface area contributed by atoms with Gasteiger partial charge < -0.3 is 16.0 Å². The Morgan fingerprint density at radius 2 is 2.00 bits per heavy atom. The number of hydrogen-bond donors (Lipinski definition) is 2. The molecule has 1 amide bonds. The van der Waals surface area contributed by atoms with E-state index in [0.717, 1.165) is 36.4 Å². The lowest BCUT2D eigenvalue weighted by Gasteiger charge is -2.28. The molecule has 0 radical (unpaired) electrons. The highest BCUT2D eigenvalue weighted by Gasteiger charge is 2.17. The number of piperidine rings is 1. The number of benzene rings is 1. The maximum Gasteiger partial charge on any atom is 0.253 e. The van der Waals surface area contributed by atoms with Crippen LogP contribution in [0.2, 0.25) is 0 Å². The van der Waals surface area contributed by atoms with Gasteiger partial charge in [-0.05, 0) is 63.5 Å². The van der Waals surface area contributed by atoms with E-state index in [-0.39, 0.29) is 30.7 Å². The zero-order chi connectivity index (χ0) is 14.5. The van der Waals surface area contributed by atoms with Crippen molar-refractivity contribution in [3.05, 3.63) is 28.2 Å². The second kappa shape index (κ2) is 10.3. The van der Waals surface area contributed by atoms with Crippen LogP contribution in [-0.4, -0.2) is 37.5 Å². The zero-order valence-electron chi connectivity index (χ0n) is 12.7. The summed E-state index contributed by atoms with van der Waals surface area (Å²) in [5.74, 6) is 0.650. The number of nitrogens with zero attached hydrogens (tertiary/aromatic N) is 1. The Bertz CT molecular complexity index is 480. The number of halogens is 3. The molecule has 1 heterocycles. The Kier molecular flexibility index (Phi) is 10.1. The van der Waals surface area contributed by atoms with Gasteiger partial charge in [-0.15, -0.1) is 24.8 Å². The van der Waals surface area contributed by atoms with Crippen LogP contribution in [0.3, 0.4) is 0 Å². The quantitative estimate of drug-likeness (QED) is 0.745. The van der Waals surface area contributed by atoms with E-state index in [1.165, 1.54) is 12.8 Å². The number of nitrogens with two attached hydrogens (primary N) is 1. The lowest BCUT2D eigenvalue weighted by Crippen LogP contribution is -2.32. The third-order valence-electron chi connectivity index (χ3n) is 3.93. The largest absolute Gasteiger partial charge is 0.398 e. The Morgan fingerprint density at radius 1 is 1.36 bits per heavy atom. The van der Waals surface area contributed by atoms with Crippen LogP contribution in [0.15, 0.2) is 22.7 Å². The number of amides is 1. The van der Waals surface area contributed by atoms with E-state index in [2.05, 4.69) is 33.2 Å². The first-order chi connectivity index (χ1) is 9.56. The van der Waals surface area contributed by atoms with Crippen molar-refractivity contribution in [2.75, 3.05) is 32.4 Å². The highest BCUT2D eigenvalue weighted by atomic mass is 79.9. The Balaban J connectivity index is 0.00000220. The fraction of sp³-hybridized carbons (Fsp3) is 0.533. The summed E-state index contributed by atoms with van der Waals surface area (Å²) >= 11 is 3.34. The van der Waals surface area contributed by atoms with Crippen LogP contribution in [0.1, 0.15) is 29.6 Å². The molecule has 0 saturated carbocycles. The molecule has 1 aromatic rings. The van der Waals surface area contributed by atoms with Crippen LogP contribution in [-0.2, 0) is 0 Å². The molecule has 3 N–H and O–H groups in total. The van der Waals surface area contributed by atoms with Crippen molar-refractivity contribution in [3.63, 3.8) is 0 Å². The summed E-state index contributed by atoms with van der Waals surface area (Å²) in [5.41, 5.74) is 6.92. The molecule has 1 saturated heterocycles. The molecule has 0 spiro atoms. The molecule has 0 atom stereocenters. The molecule has 1 aliphatic rings. The Labute approximate surface area is 153 Å². The van der Waals surface area contributed by atoms with E-state index in [1.807, 2.05) is 6.07 Å². The monoisotopic (exact) mass is 411 g/mol. The van der Waals surface area contributed by atoms with Crippen LogP contribution in [0, 0.1) is 5.92 Å². The first-order valence-electron chi connectivity index (χ1n) is 7.08. The minimum atomic E-state index is -0.0806. The molecule has 0 bridgehead atoms.